The molecule has 0 aromatic heterocycles. The van der Waals surface area contributed by atoms with Crippen molar-refractivity contribution in [1.29, 1.82) is 0 Å². The number of nitrogens with one attached hydrogen (secondary N) is 2. The van der Waals surface area contributed by atoms with Crippen LogP contribution in [0.25, 0.3) is 0 Å². The number of benzene rings is 2. The first-order valence-corrected chi connectivity index (χ1v) is 7.62. The van der Waals surface area contributed by atoms with Gasteiger partial charge in [0.15, 0.2) is 0 Å². The van der Waals surface area contributed by atoms with Crippen LogP contribution in [-0.4, -0.2) is 25.0 Å². The predicted octanol–water partition coefficient (Wildman–Crippen LogP) is 3.62. The van der Waals surface area contributed by atoms with Crippen molar-refractivity contribution in [2.75, 3.05) is 11.9 Å². The molecule has 0 aliphatic heterocycles. The van der Waals surface area contributed by atoms with Crippen molar-refractivity contribution in [3.63, 3.8) is 0 Å². The van der Waals surface area contributed by atoms with Gasteiger partial charge in [0, 0.05) is 10.7 Å². The van der Waals surface area contributed by atoms with Crippen LogP contribution in [0.3, 0.4) is 0 Å². The Kier molecular flexibility index (Phi) is 6.30. The van der Waals surface area contributed by atoms with Crippen LogP contribution < -0.4 is 15.4 Å². The summed E-state index contributed by atoms with van der Waals surface area (Å²) in [6.07, 6.45) is 0. The Morgan fingerprint density at radius 2 is 1.92 bits per heavy atom. The zero-order valence-corrected chi connectivity index (χ0v) is 13.9. The quantitative estimate of drug-likeness (QED) is 0.818. The zero-order valence-electron chi connectivity index (χ0n) is 13.2. The average Bonchev–Trinajstić information content (AvgIpc) is 2.56. The molecule has 0 bridgehead atoms. The minimum Gasteiger partial charge on any atom is -0.434 e. The Morgan fingerprint density at radius 3 is 2.60 bits per heavy atom. The Balaban J connectivity index is 1.95. The molecule has 0 saturated carbocycles. The Hall–Kier alpha value is -2.67. The number of hydrogen-bond acceptors (Lipinski definition) is 3. The van der Waals surface area contributed by atoms with Crippen LogP contribution in [0, 0.1) is 6.92 Å². The van der Waals surface area contributed by atoms with E-state index in [-0.39, 0.29) is 17.9 Å². The summed E-state index contributed by atoms with van der Waals surface area (Å²) in [7, 11) is 0. The second-order valence-electron chi connectivity index (χ2n) is 5.07. The lowest BCUT2D eigenvalue weighted by atomic mass is 10.2. The molecule has 0 saturated heterocycles. The maximum Gasteiger partial charge on any atom is 0.387 e. The number of hydrogen-bond donors (Lipinski definition) is 2. The summed E-state index contributed by atoms with van der Waals surface area (Å²) < 4.78 is 29.0. The van der Waals surface area contributed by atoms with Crippen LogP contribution in [0.5, 0.6) is 5.75 Å². The lowest BCUT2D eigenvalue weighted by Crippen LogP contribution is -2.33. The first-order valence-electron chi connectivity index (χ1n) is 7.25. The van der Waals surface area contributed by atoms with Crippen LogP contribution in [0.15, 0.2) is 42.5 Å². The number of alkyl halides is 2. The summed E-state index contributed by atoms with van der Waals surface area (Å²) in [4.78, 5) is 24.0. The zero-order chi connectivity index (χ0) is 18.4. The van der Waals surface area contributed by atoms with E-state index < -0.39 is 18.4 Å². The molecule has 25 heavy (non-hydrogen) atoms. The summed E-state index contributed by atoms with van der Waals surface area (Å²) >= 11 is 5.97. The summed E-state index contributed by atoms with van der Waals surface area (Å²) in [5.41, 5.74) is 1.26. The van der Waals surface area contributed by atoms with Crippen LogP contribution in [-0.2, 0) is 4.79 Å². The Labute approximate surface area is 147 Å². The highest BCUT2D eigenvalue weighted by Crippen LogP contribution is 2.21. The number of rotatable bonds is 6. The van der Waals surface area contributed by atoms with Crippen molar-refractivity contribution in [3.8, 4) is 5.75 Å². The van der Waals surface area contributed by atoms with E-state index in [1.807, 2.05) is 6.92 Å². The van der Waals surface area contributed by atoms with Gasteiger partial charge in [-0.2, -0.15) is 8.78 Å². The molecule has 5 nitrogen and oxygen atoms in total. The van der Waals surface area contributed by atoms with Gasteiger partial charge in [0.1, 0.15) is 5.75 Å². The van der Waals surface area contributed by atoms with Gasteiger partial charge in [-0.25, -0.2) is 0 Å². The van der Waals surface area contributed by atoms with Gasteiger partial charge >= 0.3 is 6.61 Å². The third-order valence-electron chi connectivity index (χ3n) is 3.21. The summed E-state index contributed by atoms with van der Waals surface area (Å²) in [6, 6.07) is 10.5. The van der Waals surface area contributed by atoms with Crippen LogP contribution in [0.2, 0.25) is 5.02 Å². The van der Waals surface area contributed by atoms with E-state index in [0.29, 0.717) is 10.7 Å². The molecule has 2 N–H and O–H groups in total. The van der Waals surface area contributed by atoms with Gasteiger partial charge in [-0.3, -0.25) is 9.59 Å². The summed E-state index contributed by atoms with van der Waals surface area (Å²) in [6.45, 7) is -1.57. The average molecular weight is 369 g/mol. The lowest BCUT2D eigenvalue weighted by molar-refractivity contribution is -0.115. The highest BCUT2D eigenvalue weighted by Gasteiger charge is 2.16. The van der Waals surface area contributed by atoms with Crippen molar-refractivity contribution in [1.82, 2.24) is 5.32 Å². The number of ether oxygens (including phenoxy) is 1. The molecule has 0 aliphatic rings. The normalized spacial score (nSPS) is 10.4. The minimum atomic E-state index is -3.05. The molecule has 0 fully saturated rings. The fourth-order valence-electron chi connectivity index (χ4n) is 1.98. The molecule has 2 aromatic carbocycles. The molecular formula is C17H15ClF2N2O3. The minimum absolute atomic E-state index is 0.0889. The number of amides is 2. The fraction of sp³-hybridized carbons (Fsp3) is 0.176. The first kappa shape index (κ1) is 18.7. The van der Waals surface area contributed by atoms with Gasteiger partial charge in [-0.05, 0) is 36.8 Å². The molecule has 0 atom stereocenters. The van der Waals surface area contributed by atoms with Gasteiger partial charge in [0.2, 0.25) is 5.91 Å². The number of para-hydroxylation sites is 1. The van der Waals surface area contributed by atoms with Crippen molar-refractivity contribution in [3.05, 3.63) is 58.6 Å². The van der Waals surface area contributed by atoms with Crippen molar-refractivity contribution < 1.29 is 23.1 Å². The number of carbonyl (C=O) groups excluding carboxylic acids is 2. The molecule has 8 heteroatoms. The molecule has 2 aromatic rings. The first-order chi connectivity index (χ1) is 11.9. The van der Waals surface area contributed by atoms with E-state index in [1.54, 1.807) is 18.2 Å². The van der Waals surface area contributed by atoms with Crippen LogP contribution >= 0.6 is 11.6 Å². The molecule has 2 rings (SSSR count). The largest absolute Gasteiger partial charge is 0.434 e. The number of aryl methyl sites for hydroxylation is 1. The van der Waals surface area contributed by atoms with Crippen LogP contribution in [0.1, 0.15) is 15.9 Å². The van der Waals surface area contributed by atoms with Crippen molar-refractivity contribution in [2.45, 2.75) is 13.5 Å². The molecular weight excluding hydrogens is 354 g/mol. The second-order valence-corrected chi connectivity index (χ2v) is 5.48. The summed E-state index contributed by atoms with van der Waals surface area (Å²) in [5.74, 6) is -1.45. The van der Waals surface area contributed by atoms with Crippen molar-refractivity contribution >= 4 is 29.1 Å². The smallest absolute Gasteiger partial charge is 0.387 e. The molecule has 0 aliphatic carbocycles. The van der Waals surface area contributed by atoms with E-state index in [2.05, 4.69) is 15.4 Å². The van der Waals surface area contributed by atoms with E-state index in [4.69, 9.17) is 11.6 Å². The highest BCUT2D eigenvalue weighted by atomic mass is 35.5. The molecule has 0 heterocycles. The van der Waals surface area contributed by atoms with E-state index >= 15 is 0 Å². The maximum absolute atomic E-state index is 12.4. The van der Waals surface area contributed by atoms with Gasteiger partial charge in [0.25, 0.3) is 5.91 Å². The number of halogens is 3. The van der Waals surface area contributed by atoms with Gasteiger partial charge < -0.3 is 15.4 Å². The lowest BCUT2D eigenvalue weighted by Gasteiger charge is -2.11. The SMILES string of the molecule is Cc1ccc(NC(=O)CNC(=O)c2ccccc2OC(F)F)cc1Cl. The maximum atomic E-state index is 12.4. The number of anilines is 1. The fourth-order valence-corrected chi connectivity index (χ4v) is 2.17. The molecule has 0 radical (unpaired) electrons. The second kappa shape index (κ2) is 8.43. The van der Waals surface area contributed by atoms with Crippen LogP contribution in [0.4, 0.5) is 14.5 Å². The molecule has 132 valence electrons. The molecule has 0 spiro atoms. The molecule has 2 amide bonds. The predicted molar refractivity (Wildman–Crippen MR) is 90.2 cm³/mol. The van der Waals surface area contributed by atoms with Crippen molar-refractivity contribution in [2.24, 2.45) is 0 Å². The number of carbonyl (C=O) groups is 2. The Bertz CT molecular complexity index is 784. The third-order valence-corrected chi connectivity index (χ3v) is 3.62. The van der Waals surface area contributed by atoms with E-state index in [1.165, 1.54) is 24.3 Å². The van der Waals surface area contributed by atoms with Gasteiger partial charge in [-0.1, -0.05) is 29.8 Å². The third kappa shape index (κ3) is 5.42. The highest BCUT2D eigenvalue weighted by molar-refractivity contribution is 6.31. The standard InChI is InChI=1S/C17H15ClF2N2O3/c1-10-6-7-11(8-13(10)18)22-15(23)9-21-16(24)12-4-2-3-5-14(12)25-17(19)20/h2-8,17H,9H2,1H3,(H,21,24)(H,22,23). The van der Waals surface area contributed by atoms with Gasteiger partial charge in [-0.15, -0.1) is 0 Å². The monoisotopic (exact) mass is 368 g/mol. The van der Waals surface area contributed by atoms with Gasteiger partial charge in [0.05, 0.1) is 12.1 Å². The van der Waals surface area contributed by atoms with E-state index in [0.717, 1.165) is 5.56 Å². The summed E-state index contributed by atoms with van der Waals surface area (Å²) in [5, 5.41) is 5.42. The Morgan fingerprint density at radius 1 is 1.20 bits per heavy atom. The molecule has 0 unspecified atom stereocenters. The topological polar surface area (TPSA) is 67.4 Å². The van der Waals surface area contributed by atoms with E-state index in [9.17, 15) is 18.4 Å².